The average molecular weight is 341 g/mol. The molecule has 0 aromatic heterocycles. The molecule has 0 saturated heterocycles. The van der Waals surface area contributed by atoms with Gasteiger partial charge < -0.3 is 0 Å². The van der Waals surface area contributed by atoms with Gasteiger partial charge in [0.25, 0.3) is 0 Å². The minimum absolute atomic E-state index is 0. The average Bonchev–Trinajstić information content (AvgIpc) is 2.49. The van der Waals surface area contributed by atoms with Crippen LogP contribution < -0.4 is 0 Å². The number of unbranched alkanes of at least 4 members (excludes halogenated alkanes) is 1. The number of rotatable bonds is 10. The van der Waals surface area contributed by atoms with E-state index in [0.29, 0.717) is 23.3 Å². The van der Waals surface area contributed by atoms with Gasteiger partial charge in [0.15, 0.2) is 0 Å². The lowest BCUT2D eigenvalue weighted by Crippen LogP contribution is -2.13. The summed E-state index contributed by atoms with van der Waals surface area (Å²) in [6.07, 6.45) is 4.76. The van der Waals surface area contributed by atoms with Crippen molar-refractivity contribution in [3.8, 4) is 0 Å². The van der Waals surface area contributed by atoms with E-state index in [9.17, 15) is 8.42 Å². The van der Waals surface area contributed by atoms with Crippen LogP contribution in [-0.2, 0) is 9.84 Å². The lowest BCUT2D eigenvalue weighted by Gasteiger charge is -2.16. The van der Waals surface area contributed by atoms with Crippen molar-refractivity contribution >= 4 is 9.84 Å². The molecular weight excluding hydrogens is 304 g/mol. The molecular formula is C20H36O2S. The second-order valence-electron chi connectivity index (χ2n) is 6.79. The largest absolute Gasteiger partial charge is 0.229 e. The molecule has 2 unspecified atom stereocenters. The van der Waals surface area contributed by atoms with Crippen molar-refractivity contribution in [2.75, 3.05) is 11.5 Å². The maximum atomic E-state index is 11.9. The molecule has 2 nitrogen and oxygen atoms in total. The van der Waals surface area contributed by atoms with E-state index in [4.69, 9.17) is 0 Å². The Labute approximate surface area is 144 Å². The van der Waals surface area contributed by atoms with Crippen LogP contribution in [0.3, 0.4) is 0 Å². The van der Waals surface area contributed by atoms with Crippen LogP contribution in [0.25, 0.3) is 0 Å². The summed E-state index contributed by atoms with van der Waals surface area (Å²) in [5, 5.41) is 0. The normalized spacial score (nSPS) is 14.1. The van der Waals surface area contributed by atoms with Gasteiger partial charge in [-0.15, -0.1) is 0 Å². The van der Waals surface area contributed by atoms with E-state index in [2.05, 4.69) is 45.0 Å². The van der Waals surface area contributed by atoms with E-state index < -0.39 is 9.84 Å². The van der Waals surface area contributed by atoms with Gasteiger partial charge in [-0.05, 0) is 43.6 Å². The minimum Gasteiger partial charge on any atom is -0.229 e. The van der Waals surface area contributed by atoms with Crippen LogP contribution in [0.4, 0.5) is 0 Å². The molecule has 134 valence electrons. The Bertz CT molecular complexity index is 517. The molecule has 0 aliphatic rings. The highest BCUT2D eigenvalue weighted by molar-refractivity contribution is 7.91. The van der Waals surface area contributed by atoms with Gasteiger partial charge >= 0.3 is 0 Å². The van der Waals surface area contributed by atoms with Crippen molar-refractivity contribution in [3.63, 3.8) is 0 Å². The van der Waals surface area contributed by atoms with E-state index in [1.165, 1.54) is 11.1 Å². The third kappa shape index (κ3) is 9.14. The van der Waals surface area contributed by atoms with Crippen LogP contribution in [0.2, 0.25) is 0 Å². The molecule has 0 fully saturated rings. The van der Waals surface area contributed by atoms with E-state index in [1.54, 1.807) is 0 Å². The van der Waals surface area contributed by atoms with Gasteiger partial charge in [-0.25, -0.2) is 8.42 Å². The topological polar surface area (TPSA) is 34.1 Å². The summed E-state index contributed by atoms with van der Waals surface area (Å²) < 4.78 is 23.8. The Hall–Kier alpha value is -0.830. The number of sulfone groups is 1. The quantitative estimate of drug-likeness (QED) is 0.543. The molecule has 0 N–H and O–H groups in total. The number of aryl methyl sites for hydroxylation is 1. The molecule has 3 heteroatoms. The van der Waals surface area contributed by atoms with Gasteiger partial charge in [0, 0.05) is 0 Å². The zero-order valence-electron chi connectivity index (χ0n) is 14.6. The number of hydrogen-bond acceptors (Lipinski definition) is 2. The van der Waals surface area contributed by atoms with Crippen molar-refractivity contribution in [1.82, 2.24) is 0 Å². The molecule has 1 aromatic rings. The smallest absolute Gasteiger partial charge is 0.150 e. The first-order valence-corrected chi connectivity index (χ1v) is 10.4. The van der Waals surface area contributed by atoms with Gasteiger partial charge in [-0.2, -0.15) is 0 Å². The molecule has 0 spiro atoms. The summed E-state index contributed by atoms with van der Waals surface area (Å²) in [5.41, 5.74) is 2.68. The monoisotopic (exact) mass is 340 g/mol. The van der Waals surface area contributed by atoms with Crippen LogP contribution in [0.1, 0.15) is 77.3 Å². The Kier molecular flexibility index (Phi) is 10.5. The van der Waals surface area contributed by atoms with Gasteiger partial charge in [0.1, 0.15) is 9.84 Å². The standard InChI is InChI=1S/C19H32O2S.CH4/c1-5-6-14-22(20,21)15-13-17(3)7-10-18(4)19-11-8-16(2)9-12-19;/h8-9,11-12,17-18H,5-7,10,13-15H2,1-4H3;1H4. The fourth-order valence-corrected chi connectivity index (χ4v) is 4.28. The van der Waals surface area contributed by atoms with Gasteiger partial charge in [-0.1, -0.05) is 70.9 Å². The molecule has 0 radical (unpaired) electrons. The number of benzene rings is 1. The first kappa shape index (κ1) is 22.2. The van der Waals surface area contributed by atoms with Crippen LogP contribution in [0, 0.1) is 12.8 Å². The molecule has 0 saturated carbocycles. The highest BCUT2D eigenvalue weighted by Gasteiger charge is 2.14. The minimum atomic E-state index is -2.83. The number of hydrogen-bond donors (Lipinski definition) is 0. The second kappa shape index (κ2) is 10.9. The third-order valence-electron chi connectivity index (χ3n) is 4.47. The molecule has 1 aromatic carbocycles. The Morgan fingerprint density at radius 2 is 1.57 bits per heavy atom. The summed E-state index contributed by atoms with van der Waals surface area (Å²) >= 11 is 0. The first-order chi connectivity index (χ1) is 10.3. The molecule has 2 atom stereocenters. The van der Waals surface area contributed by atoms with Crippen molar-refractivity contribution in [2.24, 2.45) is 5.92 Å². The van der Waals surface area contributed by atoms with Crippen molar-refractivity contribution in [2.45, 2.75) is 73.1 Å². The lowest BCUT2D eigenvalue weighted by molar-refractivity contribution is 0.467. The van der Waals surface area contributed by atoms with Crippen LogP contribution in [0.15, 0.2) is 24.3 Å². The Balaban J connectivity index is 0.00000484. The summed E-state index contributed by atoms with van der Waals surface area (Å²) in [6, 6.07) is 8.74. The van der Waals surface area contributed by atoms with Gasteiger partial charge in [-0.3, -0.25) is 0 Å². The highest BCUT2D eigenvalue weighted by atomic mass is 32.2. The zero-order chi connectivity index (χ0) is 16.6. The molecule has 23 heavy (non-hydrogen) atoms. The van der Waals surface area contributed by atoms with Crippen LogP contribution >= 0.6 is 0 Å². The first-order valence-electron chi connectivity index (χ1n) is 8.61. The molecule has 0 amide bonds. The Morgan fingerprint density at radius 3 is 2.13 bits per heavy atom. The lowest BCUT2D eigenvalue weighted by atomic mass is 9.91. The SMILES string of the molecule is C.CCCCS(=O)(=O)CCC(C)CCC(C)c1ccc(C)cc1. The van der Waals surface area contributed by atoms with E-state index >= 15 is 0 Å². The Morgan fingerprint density at radius 1 is 0.957 bits per heavy atom. The zero-order valence-corrected chi connectivity index (χ0v) is 15.5. The van der Waals surface area contributed by atoms with Gasteiger partial charge in [0.2, 0.25) is 0 Å². The van der Waals surface area contributed by atoms with Crippen LogP contribution in [0.5, 0.6) is 0 Å². The molecule has 0 heterocycles. The van der Waals surface area contributed by atoms with Gasteiger partial charge in [0.05, 0.1) is 11.5 Å². The van der Waals surface area contributed by atoms with Crippen molar-refractivity contribution in [3.05, 3.63) is 35.4 Å². The predicted octanol–water partition coefficient (Wildman–Crippen LogP) is 5.76. The third-order valence-corrected chi connectivity index (χ3v) is 6.24. The van der Waals surface area contributed by atoms with E-state index in [0.717, 1.165) is 32.1 Å². The summed E-state index contributed by atoms with van der Waals surface area (Å²) in [5.74, 6) is 1.73. The molecule has 0 aliphatic carbocycles. The van der Waals surface area contributed by atoms with Crippen molar-refractivity contribution in [1.29, 1.82) is 0 Å². The fraction of sp³-hybridized carbons (Fsp3) is 0.700. The van der Waals surface area contributed by atoms with E-state index in [-0.39, 0.29) is 7.43 Å². The maximum Gasteiger partial charge on any atom is 0.150 e. The summed E-state index contributed by atoms with van der Waals surface area (Å²) in [6.45, 7) is 8.58. The summed E-state index contributed by atoms with van der Waals surface area (Å²) in [7, 11) is -2.83. The predicted molar refractivity (Wildman–Crippen MR) is 103 cm³/mol. The van der Waals surface area contributed by atoms with E-state index in [1.807, 2.05) is 6.92 Å². The van der Waals surface area contributed by atoms with Crippen LogP contribution in [-0.4, -0.2) is 19.9 Å². The molecule has 0 aliphatic heterocycles. The second-order valence-corrected chi connectivity index (χ2v) is 9.09. The molecule has 0 bridgehead atoms. The van der Waals surface area contributed by atoms with Crippen molar-refractivity contribution < 1.29 is 8.42 Å². The summed E-state index contributed by atoms with van der Waals surface area (Å²) in [4.78, 5) is 0. The maximum absolute atomic E-state index is 11.9. The molecule has 1 rings (SSSR count). The highest BCUT2D eigenvalue weighted by Crippen LogP contribution is 2.24. The fourth-order valence-electron chi connectivity index (χ4n) is 2.59.